The Hall–Kier alpha value is -0.770. The highest BCUT2D eigenvalue weighted by Gasteiger charge is 2.23. The fraction of sp³-hybridized carbons (Fsp3) is 0.600. The summed E-state index contributed by atoms with van der Waals surface area (Å²) in [7, 11) is 2.19. The van der Waals surface area contributed by atoms with E-state index in [1.54, 1.807) is 0 Å². The molecule has 1 atom stereocenters. The summed E-state index contributed by atoms with van der Waals surface area (Å²) in [5, 5.41) is 4.23. The molecule has 1 N–H and O–H groups in total. The third-order valence-corrected chi connectivity index (χ3v) is 3.99. The van der Waals surface area contributed by atoms with Crippen molar-refractivity contribution in [2.75, 3.05) is 38.1 Å². The Labute approximate surface area is 121 Å². The summed E-state index contributed by atoms with van der Waals surface area (Å²) in [4.78, 5) is 4.87. The second kappa shape index (κ2) is 6.60. The lowest BCUT2D eigenvalue weighted by Gasteiger charge is -2.40. The molecule has 0 bridgehead atoms. The molecule has 0 spiro atoms. The number of benzene rings is 1. The van der Waals surface area contributed by atoms with E-state index in [4.69, 9.17) is 11.6 Å². The second-order valence-corrected chi connectivity index (χ2v) is 5.79. The van der Waals surface area contributed by atoms with E-state index in [1.165, 1.54) is 11.3 Å². The third-order valence-electron chi connectivity index (χ3n) is 3.75. The normalized spacial score (nSPS) is 20.8. The van der Waals surface area contributed by atoms with Gasteiger partial charge in [0.2, 0.25) is 0 Å². The van der Waals surface area contributed by atoms with Gasteiger partial charge in [0.1, 0.15) is 0 Å². The van der Waals surface area contributed by atoms with Crippen molar-refractivity contribution in [3.63, 3.8) is 0 Å². The van der Waals surface area contributed by atoms with E-state index < -0.39 is 0 Å². The average molecular weight is 282 g/mol. The van der Waals surface area contributed by atoms with E-state index in [9.17, 15) is 0 Å². The summed E-state index contributed by atoms with van der Waals surface area (Å²) in [6, 6.07) is 6.76. The number of rotatable bonds is 4. The standard InChI is InChI=1S/C15H24ClN3/c1-4-17-10-13-5-6-14(16)9-15(13)19-8-7-18(3)11-12(19)2/h5-6,9,12,17H,4,7-8,10-11H2,1-3H3. The van der Waals surface area contributed by atoms with Crippen LogP contribution in [0.5, 0.6) is 0 Å². The van der Waals surface area contributed by atoms with Gasteiger partial charge >= 0.3 is 0 Å². The number of piperazine rings is 1. The van der Waals surface area contributed by atoms with Gasteiger partial charge in [0.15, 0.2) is 0 Å². The summed E-state index contributed by atoms with van der Waals surface area (Å²) < 4.78 is 0. The number of likely N-dealkylation sites (N-methyl/N-ethyl adjacent to an activating group) is 1. The van der Waals surface area contributed by atoms with E-state index in [2.05, 4.69) is 48.1 Å². The van der Waals surface area contributed by atoms with Crippen LogP contribution in [0.2, 0.25) is 5.02 Å². The van der Waals surface area contributed by atoms with Gasteiger partial charge in [-0.25, -0.2) is 0 Å². The highest BCUT2D eigenvalue weighted by atomic mass is 35.5. The lowest BCUT2D eigenvalue weighted by atomic mass is 10.1. The molecule has 1 aliphatic rings. The van der Waals surface area contributed by atoms with Gasteiger partial charge in [0.25, 0.3) is 0 Å². The predicted molar refractivity (Wildman–Crippen MR) is 83.1 cm³/mol. The van der Waals surface area contributed by atoms with Crippen molar-refractivity contribution in [2.45, 2.75) is 26.4 Å². The minimum Gasteiger partial charge on any atom is -0.366 e. The zero-order valence-corrected chi connectivity index (χ0v) is 12.9. The minimum atomic E-state index is 0.526. The van der Waals surface area contributed by atoms with Gasteiger partial charge in [0, 0.05) is 42.9 Å². The van der Waals surface area contributed by atoms with Crippen LogP contribution >= 0.6 is 11.6 Å². The smallest absolute Gasteiger partial charge is 0.0430 e. The molecule has 1 fully saturated rings. The summed E-state index contributed by atoms with van der Waals surface area (Å²) >= 11 is 6.19. The van der Waals surface area contributed by atoms with Gasteiger partial charge in [-0.2, -0.15) is 0 Å². The molecule has 19 heavy (non-hydrogen) atoms. The van der Waals surface area contributed by atoms with Crippen molar-refractivity contribution in [3.8, 4) is 0 Å². The number of nitrogens with one attached hydrogen (secondary N) is 1. The second-order valence-electron chi connectivity index (χ2n) is 5.36. The van der Waals surface area contributed by atoms with Crippen LogP contribution in [0.25, 0.3) is 0 Å². The largest absolute Gasteiger partial charge is 0.366 e. The maximum absolute atomic E-state index is 6.19. The Kier molecular flexibility index (Phi) is 5.08. The molecule has 0 saturated carbocycles. The molecule has 0 radical (unpaired) electrons. The average Bonchev–Trinajstić information content (AvgIpc) is 2.37. The molecule has 2 rings (SSSR count). The van der Waals surface area contributed by atoms with Crippen molar-refractivity contribution in [2.24, 2.45) is 0 Å². The molecular weight excluding hydrogens is 258 g/mol. The Morgan fingerprint density at radius 1 is 1.37 bits per heavy atom. The highest BCUT2D eigenvalue weighted by molar-refractivity contribution is 6.30. The molecule has 0 aliphatic carbocycles. The molecule has 0 aromatic heterocycles. The topological polar surface area (TPSA) is 18.5 Å². The van der Waals surface area contributed by atoms with Crippen molar-refractivity contribution in [3.05, 3.63) is 28.8 Å². The van der Waals surface area contributed by atoms with Gasteiger partial charge in [-0.05, 0) is 38.2 Å². The Morgan fingerprint density at radius 3 is 2.84 bits per heavy atom. The lowest BCUT2D eigenvalue weighted by molar-refractivity contribution is 0.275. The van der Waals surface area contributed by atoms with E-state index in [-0.39, 0.29) is 0 Å². The number of anilines is 1. The van der Waals surface area contributed by atoms with Crippen molar-refractivity contribution < 1.29 is 0 Å². The van der Waals surface area contributed by atoms with Crippen LogP contribution in [-0.4, -0.2) is 44.2 Å². The maximum Gasteiger partial charge on any atom is 0.0430 e. The zero-order chi connectivity index (χ0) is 13.8. The molecule has 1 saturated heterocycles. The van der Waals surface area contributed by atoms with E-state index in [0.717, 1.165) is 37.7 Å². The summed E-state index contributed by atoms with van der Waals surface area (Å²) in [5.41, 5.74) is 2.62. The van der Waals surface area contributed by atoms with E-state index in [1.807, 2.05) is 6.07 Å². The van der Waals surface area contributed by atoms with Crippen molar-refractivity contribution >= 4 is 17.3 Å². The number of hydrogen-bond acceptors (Lipinski definition) is 3. The summed E-state index contributed by atoms with van der Waals surface area (Å²) in [6.07, 6.45) is 0. The highest BCUT2D eigenvalue weighted by Crippen LogP contribution is 2.28. The van der Waals surface area contributed by atoms with Gasteiger partial charge < -0.3 is 15.1 Å². The molecule has 4 heteroatoms. The molecule has 106 valence electrons. The fourth-order valence-electron chi connectivity index (χ4n) is 2.71. The molecule has 3 nitrogen and oxygen atoms in total. The van der Waals surface area contributed by atoms with Crippen molar-refractivity contribution in [1.29, 1.82) is 0 Å². The quantitative estimate of drug-likeness (QED) is 0.915. The Bertz CT molecular complexity index is 422. The number of nitrogens with zero attached hydrogens (tertiary/aromatic N) is 2. The zero-order valence-electron chi connectivity index (χ0n) is 12.1. The van der Waals surface area contributed by atoms with E-state index >= 15 is 0 Å². The van der Waals surface area contributed by atoms with Crippen molar-refractivity contribution in [1.82, 2.24) is 10.2 Å². The lowest BCUT2D eigenvalue weighted by Crippen LogP contribution is -2.50. The van der Waals surface area contributed by atoms with Crippen LogP contribution < -0.4 is 10.2 Å². The maximum atomic E-state index is 6.19. The first-order chi connectivity index (χ1) is 9.11. The van der Waals surface area contributed by atoms with Crippen LogP contribution in [0.3, 0.4) is 0 Å². The first kappa shape index (κ1) is 14.6. The molecule has 1 heterocycles. The van der Waals surface area contributed by atoms with Crippen LogP contribution in [0.15, 0.2) is 18.2 Å². The van der Waals surface area contributed by atoms with Gasteiger partial charge in [-0.1, -0.05) is 24.6 Å². The minimum absolute atomic E-state index is 0.526. The SMILES string of the molecule is CCNCc1ccc(Cl)cc1N1CCN(C)CC1C. The van der Waals surface area contributed by atoms with Crippen LogP contribution in [0.4, 0.5) is 5.69 Å². The summed E-state index contributed by atoms with van der Waals surface area (Å²) in [5.74, 6) is 0. The molecule has 1 unspecified atom stereocenters. The van der Waals surface area contributed by atoms with Gasteiger partial charge in [-0.15, -0.1) is 0 Å². The van der Waals surface area contributed by atoms with Crippen LogP contribution in [-0.2, 0) is 6.54 Å². The number of halogens is 1. The first-order valence-electron chi connectivity index (χ1n) is 7.06. The number of hydrogen-bond donors (Lipinski definition) is 1. The molecule has 1 aromatic carbocycles. The van der Waals surface area contributed by atoms with Gasteiger partial charge in [-0.3, -0.25) is 0 Å². The van der Waals surface area contributed by atoms with Crippen LogP contribution in [0, 0.1) is 0 Å². The molecule has 1 aliphatic heterocycles. The predicted octanol–water partition coefficient (Wildman–Crippen LogP) is 2.59. The molecule has 1 aromatic rings. The molecular formula is C15H24ClN3. The fourth-order valence-corrected chi connectivity index (χ4v) is 2.88. The first-order valence-corrected chi connectivity index (χ1v) is 7.44. The van der Waals surface area contributed by atoms with Crippen LogP contribution in [0.1, 0.15) is 19.4 Å². The Balaban J connectivity index is 2.23. The monoisotopic (exact) mass is 281 g/mol. The Morgan fingerprint density at radius 2 is 2.16 bits per heavy atom. The van der Waals surface area contributed by atoms with Gasteiger partial charge in [0.05, 0.1) is 0 Å². The summed E-state index contributed by atoms with van der Waals surface area (Å²) in [6.45, 7) is 9.59. The third kappa shape index (κ3) is 3.62. The molecule has 0 amide bonds. The van der Waals surface area contributed by atoms with E-state index in [0.29, 0.717) is 6.04 Å².